The first-order valence-corrected chi connectivity index (χ1v) is 7.16. The lowest BCUT2D eigenvalue weighted by molar-refractivity contribution is -0.143. The number of morpholine rings is 1. The van der Waals surface area contributed by atoms with Crippen molar-refractivity contribution < 1.29 is 23.4 Å². The zero-order chi connectivity index (χ0) is 16.3. The lowest BCUT2D eigenvalue weighted by Crippen LogP contribution is -2.55. The van der Waals surface area contributed by atoms with Gasteiger partial charge in [0.15, 0.2) is 11.6 Å². The van der Waals surface area contributed by atoms with Gasteiger partial charge < -0.3 is 19.1 Å². The Morgan fingerprint density at radius 3 is 2.82 bits per heavy atom. The van der Waals surface area contributed by atoms with Crippen LogP contribution in [0.4, 0.5) is 4.39 Å². The van der Waals surface area contributed by atoms with Gasteiger partial charge in [0.25, 0.3) is 5.91 Å². The van der Waals surface area contributed by atoms with Crippen LogP contribution in [0, 0.1) is 5.82 Å². The highest BCUT2D eigenvalue weighted by atomic mass is 19.1. The molecule has 0 spiro atoms. The predicted molar refractivity (Wildman–Crippen MR) is 79.7 cm³/mol. The van der Waals surface area contributed by atoms with Crippen molar-refractivity contribution in [3.63, 3.8) is 0 Å². The van der Waals surface area contributed by atoms with Gasteiger partial charge in [0.05, 0.1) is 25.4 Å². The molecule has 1 aromatic rings. The van der Waals surface area contributed by atoms with Gasteiger partial charge in [0.2, 0.25) is 0 Å². The Bertz CT molecular complexity index is 547. The zero-order valence-corrected chi connectivity index (χ0v) is 13.4. The van der Waals surface area contributed by atoms with Gasteiger partial charge >= 0.3 is 0 Å². The molecule has 22 heavy (non-hydrogen) atoms. The normalized spacial score (nSPS) is 20.8. The van der Waals surface area contributed by atoms with Gasteiger partial charge in [-0.25, -0.2) is 4.39 Å². The van der Waals surface area contributed by atoms with Crippen LogP contribution in [-0.4, -0.2) is 56.4 Å². The van der Waals surface area contributed by atoms with Crippen molar-refractivity contribution in [1.29, 1.82) is 0 Å². The SMILES string of the molecule is COC[C@@H]1CN(C(=O)c2ccc(F)c(OC)c2)CC(C)(C)O1. The lowest BCUT2D eigenvalue weighted by atomic mass is 10.0. The third-order valence-corrected chi connectivity index (χ3v) is 3.52. The molecule has 0 aliphatic carbocycles. The van der Waals surface area contributed by atoms with Crippen LogP contribution in [-0.2, 0) is 9.47 Å². The summed E-state index contributed by atoms with van der Waals surface area (Å²) in [5, 5.41) is 0. The van der Waals surface area contributed by atoms with Crippen molar-refractivity contribution in [2.75, 3.05) is 33.9 Å². The molecule has 1 amide bonds. The molecule has 1 atom stereocenters. The van der Waals surface area contributed by atoms with E-state index in [1.807, 2.05) is 13.8 Å². The molecule has 122 valence electrons. The maximum Gasteiger partial charge on any atom is 0.254 e. The Balaban J connectivity index is 2.20. The molecule has 5 nitrogen and oxygen atoms in total. The van der Waals surface area contributed by atoms with Gasteiger partial charge in [0, 0.05) is 25.8 Å². The molecule has 1 heterocycles. The molecular weight excluding hydrogens is 289 g/mol. The van der Waals surface area contributed by atoms with E-state index in [4.69, 9.17) is 14.2 Å². The second-order valence-corrected chi connectivity index (χ2v) is 5.99. The molecule has 0 bridgehead atoms. The van der Waals surface area contributed by atoms with Crippen LogP contribution >= 0.6 is 0 Å². The molecule has 1 saturated heterocycles. The average molecular weight is 311 g/mol. The Morgan fingerprint density at radius 1 is 1.45 bits per heavy atom. The number of hydrogen-bond acceptors (Lipinski definition) is 4. The molecule has 0 saturated carbocycles. The van der Waals surface area contributed by atoms with Gasteiger partial charge in [-0.3, -0.25) is 4.79 Å². The molecule has 0 aromatic heterocycles. The van der Waals surface area contributed by atoms with E-state index >= 15 is 0 Å². The Hall–Kier alpha value is -1.66. The van der Waals surface area contributed by atoms with E-state index in [9.17, 15) is 9.18 Å². The monoisotopic (exact) mass is 311 g/mol. The van der Waals surface area contributed by atoms with Crippen molar-refractivity contribution in [1.82, 2.24) is 4.90 Å². The van der Waals surface area contributed by atoms with E-state index in [1.165, 1.54) is 25.3 Å². The number of rotatable bonds is 4. The molecule has 2 rings (SSSR count). The Morgan fingerprint density at radius 2 is 2.18 bits per heavy atom. The maximum absolute atomic E-state index is 13.5. The summed E-state index contributed by atoms with van der Waals surface area (Å²) in [5.41, 5.74) is -0.0616. The van der Waals surface area contributed by atoms with Crippen molar-refractivity contribution in [3.8, 4) is 5.75 Å². The molecular formula is C16H22FNO4. The molecule has 1 aromatic carbocycles. The molecule has 0 radical (unpaired) electrons. The van der Waals surface area contributed by atoms with Crippen LogP contribution in [0.15, 0.2) is 18.2 Å². The third kappa shape index (κ3) is 3.75. The van der Waals surface area contributed by atoms with E-state index in [0.717, 1.165) is 0 Å². The van der Waals surface area contributed by atoms with Crippen LogP contribution < -0.4 is 4.74 Å². The number of hydrogen-bond donors (Lipinski definition) is 0. The maximum atomic E-state index is 13.5. The minimum atomic E-state index is -0.487. The van der Waals surface area contributed by atoms with Crippen molar-refractivity contribution in [2.45, 2.75) is 25.6 Å². The number of nitrogens with zero attached hydrogens (tertiary/aromatic N) is 1. The highest BCUT2D eigenvalue weighted by Gasteiger charge is 2.36. The predicted octanol–water partition coefficient (Wildman–Crippen LogP) is 2.10. The second kappa shape index (κ2) is 6.62. The van der Waals surface area contributed by atoms with E-state index in [2.05, 4.69) is 0 Å². The van der Waals surface area contributed by atoms with Crippen molar-refractivity contribution in [3.05, 3.63) is 29.6 Å². The standard InChI is InChI=1S/C16H22FNO4/c1-16(2)10-18(8-12(22-16)9-20-3)15(19)11-5-6-13(17)14(7-11)21-4/h5-7,12H,8-10H2,1-4H3/t12-/m0/s1. The van der Waals surface area contributed by atoms with E-state index in [-0.39, 0.29) is 17.8 Å². The summed E-state index contributed by atoms with van der Waals surface area (Å²) in [5.74, 6) is -0.596. The highest BCUT2D eigenvalue weighted by molar-refractivity contribution is 5.94. The number of carbonyl (C=O) groups excluding carboxylic acids is 1. The summed E-state index contributed by atoms with van der Waals surface area (Å²) in [7, 11) is 2.97. The minimum Gasteiger partial charge on any atom is -0.494 e. The molecule has 0 unspecified atom stereocenters. The fourth-order valence-corrected chi connectivity index (χ4v) is 2.70. The highest BCUT2D eigenvalue weighted by Crippen LogP contribution is 2.24. The number of methoxy groups -OCH3 is 2. The van der Waals surface area contributed by atoms with Crippen LogP contribution in [0.5, 0.6) is 5.75 Å². The van der Waals surface area contributed by atoms with Crippen molar-refractivity contribution in [2.24, 2.45) is 0 Å². The quantitative estimate of drug-likeness (QED) is 0.854. The zero-order valence-electron chi connectivity index (χ0n) is 13.4. The van der Waals surface area contributed by atoms with Crippen LogP contribution in [0.3, 0.4) is 0 Å². The lowest BCUT2D eigenvalue weighted by Gasteiger charge is -2.42. The van der Waals surface area contributed by atoms with E-state index < -0.39 is 11.4 Å². The minimum absolute atomic E-state index is 0.0619. The van der Waals surface area contributed by atoms with Gasteiger partial charge in [-0.15, -0.1) is 0 Å². The van der Waals surface area contributed by atoms with E-state index in [0.29, 0.717) is 25.3 Å². The molecule has 1 fully saturated rings. The fraction of sp³-hybridized carbons (Fsp3) is 0.562. The second-order valence-electron chi connectivity index (χ2n) is 5.99. The van der Waals surface area contributed by atoms with E-state index in [1.54, 1.807) is 12.0 Å². The molecule has 1 aliphatic heterocycles. The first-order chi connectivity index (χ1) is 10.4. The Kier molecular flexibility index (Phi) is 5.03. The largest absolute Gasteiger partial charge is 0.494 e. The summed E-state index contributed by atoms with van der Waals surface area (Å²) in [4.78, 5) is 14.4. The number of amides is 1. The molecule has 0 N–H and O–H groups in total. The average Bonchev–Trinajstić information content (AvgIpc) is 2.45. The summed E-state index contributed by atoms with van der Waals surface area (Å²) in [6, 6.07) is 4.13. The summed E-state index contributed by atoms with van der Waals surface area (Å²) in [6.45, 7) is 5.18. The smallest absolute Gasteiger partial charge is 0.254 e. The Labute approximate surface area is 130 Å². The number of carbonyl (C=O) groups is 1. The van der Waals surface area contributed by atoms with Gasteiger partial charge in [-0.05, 0) is 32.0 Å². The molecule has 6 heteroatoms. The first kappa shape index (κ1) is 16.7. The van der Waals surface area contributed by atoms with Crippen molar-refractivity contribution >= 4 is 5.91 Å². The van der Waals surface area contributed by atoms with Crippen LogP contribution in [0.25, 0.3) is 0 Å². The van der Waals surface area contributed by atoms with Gasteiger partial charge in [0.1, 0.15) is 0 Å². The summed E-state index contributed by atoms with van der Waals surface area (Å²) >= 11 is 0. The number of ether oxygens (including phenoxy) is 3. The van der Waals surface area contributed by atoms with Gasteiger partial charge in [-0.1, -0.05) is 0 Å². The number of benzene rings is 1. The molecule has 1 aliphatic rings. The first-order valence-electron chi connectivity index (χ1n) is 7.16. The summed E-state index contributed by atoms with van der Waals surface area (Å²) in [6.07, 6.45) is -0.181. The van der Waals surface area contributed by atoms with Gasteiger partial charge in [-0.2, -0.15) is 0 Å². The topological polar surface area (TPSA) is 48.0 Å². The van der Waals surface area contributed by atoms with Crippen LogP contribution in [0.2, 0.25) is 0 Å². The van der Waals surface area contributed by atoms with Crippen LogP contribution in [0.1, 0.15) is 24.2 Å². The number of halogens is 1. The summed E-state index contributed by atoms with van der Waals surface area (Å²) < 4.78 is 29.4. The fourth-order valence-electron chi connectivity index (χ4n) is 2.70. The third-order valence-electron chi connectivity index (χ3n) is 3.52.